The Bertz CT molecular complexity index is 570. The summed E-state index contributed by atoms with van der Waals surface area (Å²) in [5.41, 5.74) is 8.09. The number of nitrogen functional groups attached to an aromatic ring is 1. The van der Waals surface area contributed by atoms with Crippen molar-refractivity contribution in [1.29, 1.82) is 5.26 Å². The number of nitrogens with zero attached hydrogens (tertiary/aromatic N) is 1. The molecule has 0 aliphatic heterocycles. The highest BCUT2D eigenvalue weighted by Gasteiger charge is 2.06. The van der Waals surface area contributed by atoms with Gasteiger partial charge in [0, 0.05) is 5.69 Å². The first kappa shape index (κ1) is 10.2. The average Bonchev–Trinajstić information content (AvgIpc) is 2.28. The maximum atomic E-state index is 13.0. The van der Waals surface area contributed by atoms with Gasteiger partial charge >= 0.3 is 0 Å². The van der Waals surface area contributed by atoms with Gasteiger partial charge in [0.1, 0.15) is 5.82 Å². The van der Waals surface area contributed by atoms with E-state index in [1.54, 1.807) is 24.3 Å². The summed E-state index contributed by atoms with van der Waals surface area (Å²) >= 11 is 0. The van der Waals surface area contributed by atoms with Crippen molar-refractivity contribution < 1.29 is 4.39 Å². The van der Waals surface area contributed by atoms with E-state index < -0.39 is 5.82 Å². The van der Waals surface area contributed by atoms with Gasteiger partial charge < -0.3 is 5.73 Å². The molecule has 0 heterocycles. The van der Waals surface area contributed by atoms with E-state index in [1.807, 2.05) is 12.1 Å². The number of hydrogen-bond acceptors (Lipinski definition) is 2. The van der Waals surface area contributed by atoms with Crippen LogP contribution in [0, 0.1) is 17.1 Å². The quantitative estimate of drug-likeness (QED) is 0.739. The van der Waals surface area contributed by atoms with Gasteiger partial charge in [-0.1, -0.05) is 18.2 Å². The van der Waals surface area contributed by atoms with Crippen molar-refractivity contribution in [3.8, 4) is 17.2 Å². The lowest BCUT2D eigenvalue weighted by Crippen LogP contribution is -1.89. The summed E-state index contributed by atoms with van der Waals surface area (Å²) in [6, 6.07) is 13.3. The molecular weight excluding hydrogens is 203 g/mol. The van der Waals surface area contributed by atoms with Gasteiger partial charge in [-0.2, -0.15) is 5.26 Å². The van der Waals surface area contributed by atoms with Crippen LogP contribution < -0.4 is 5.73 Å². The van der Waals surface area contributed by atoms with Crippen molar-refractivity contribution in [2.75, 3.05) is 5.73 Å². The van der Waals surface area contributed by atoms with E-state index in [2.05, 4.69) is 0 Å². The van der Waals surface area contributed by atoms with Gasteiger partial charge in [0.05, 0.1) is 11.6 Å². The van der Waals surface area contributed by atoms with Crippen LogP contribution in [-0.4, -0.2) is 0 Å². The Balaban J connectivity index is 2.61. The highest BCUT2D eigenvalue weighted by molar-refractivity contribution is 5.72. The summed E-state index contributed by atoms with van der Waals surface area (Å²) in [6.07, 6.45) is 0. The van der Waals surface area contributed by atoms with E-state index in [4.69, 9.17) is 11.0 Å². The van der Waals surface area contributed by atoms with Crippen molar-refractivity contribution in [2.24, 2.45) is 0 Å². The first-order valence-electron chi connectivity index (χ1n) is 4.76. The number of nitrogens with two attached hydrogens (primary N) is 1. The maximum absolute atomic E-state index is 13.0. The second-order valence-corrected chi connectivity index (χ2v) is 3.43. The van der Waals surface area contributed by atoms with Gasteiger partial charge in [-0.3, -0.25) is 0 Å². The Morgan fingerprint density at radius 1 is 1.12 bits per heavy atom. The fourth-order valence-corrected chi connectivity index (χ4v) is 1.57. The lowest BCUT2D eigenvalue weighted by molar-refractivity contribution is 0.627. The van der Waals surface area contributed by atoms with Crippen molar-refractivity contribution in [2.45, 2.75) is 0 Å². The summed E-state index contributed by atoms with van der Waals surface area (Å²) in [7, 11) is 0. The predicted octanol–water partition coefficient (Wildman–Crippen LogP) is 2.95. The molecule has 0 fully saturated rings. The minimum absolute atomic E-state index is 0.311. The molecule has 0 saturated heterocycles. The molecule has 0 bridgehead atoms. The molecule has 16 heavy (non-hydrogen) atoms. The van der Waals surface area contributed by atoms with Gasteiger partial charge in [-0.25, -0.2) is 4.39 Å². The normalized spacial score (nSPS) is 9.75. The molecule has 78 valence electrons. The lowest BCUT2D eigenvalue weighted by Gasteiger charge is -2.05. The second-order valence-electron chi connectivity index (χ2n) is 3.43. The SMILES string of the molecule is N#Cc1cc(F)ccc1-c1cccc(N)c1. The van der Waals surface area contributed by atoms with E-state index in [0.717, 1.165) is 5.56 Å². The highest BCUT2D eigenvalue weighted by Crippen LogP contribution is 2.25. The molecule has 2 rings (SSSR count). The Kier molecular flexibility index (Phi) is 2.57. The van der Waals surface area contributed by atoms with E-state index in [-0.39, 0.29) is 0 Å². The van der Waals surface area contributed by atoms with Gasteiger partial charge in [0.2, 0.25) is 0 Å². The third kappa shape index (κ3) is 1.86. The van der Waals surface area contributed by atoms with Gasteiger partial charge in [0.15, 0.2) is 0 Å². The third-order valence-electron chi connectivity index (χ3n) is 2.30. The number of hydrogen-bond donors (Lipinski definition) is 1. The minimum atomic E-state index is -0.413. The van der Waals surface area contributed by atoms with Crippen molar-refractivity contribution in [3.63, 3.8) is 0 Å². The van der Waals surface area contributed by atoms with Crippen LogP contribution in [0.1, 0.15) is 5.56 Å². The Hall–Kier alpha value is -2.34. The number of rotatable bonds is 1. The minimum Gasteiger partial charge on any atom is -0.399 e. The van der Waals surface area contributed by atoms with E-state index in [1.165, 1.54) is 12.1 Å². The van der Waals surface area contributed by atoms with Crippen molar-refractivity contribution >= 4 is 5.69 Å². The van der Waals surface area contributed by atoms with E-state index in [0.29, 0.717) is 16.8 Å². The molecule has 2 aromatic carbocycles. The summed E-state index contributed by atoms with van der Waals surface area (Å²) in [6.45, 7) is 0. The zero-order chi connectivity index (χ0) is 11.5. The van der Waals surface area contributed by atoms with E-state index >= 15 is 0 Å². The molecule has 2 N–H and O–H groups in total. The fraction of sp³-hybridized carbons (Fsp3) is 0. The Morgan fingerprint density at radius 3 is 2.62 bits per heavy atom. The van der Waals surface area contributed by atoms with Crippen LogP contribution in [0.5, 0.6) is 0 Å². The Labute approximate surface area is 92.8 Å². The molecule has 0 amide bonds. The number of nitriles is 1. The van der Waals surface area contributed by atoms with Crippen LogP contribution >= 0.6 is 0 Å². The first-order valence-corrected chi connectivity index (χ1v) is 4.76. The summed E-state index contributed by atoms with van der Waals surface area (Å²) < 4.78 is 13.0. The molecule has 0 atom stereocenters. The van der Waals surface area contributed by atoms with Crippen LogP contribution in [0.2, 0.25) is 0 Å². The van der Waals surface area contributed by atoms with Crippen LogP contribution in [0.4, 0.5) is 10.1 Å². The summed E-state index contributed by atoms with van der Waals surface area (Å²) in [5, 5.41) is 8.93. The second kappa shape index (κ2) is 4.03. The zero-order valence-corrected chi connectivity index (χ0v) is 8.44. The lowest BCUT2D eigenvalue weighted by atomic mass is 10.00. The topological polar surface area (TPSA) is 49.8 Å². The van der Waals surface area contributed by atoms with Crippen LogP contribution in [0.15, 0.2) is 42.5 Å². The molecule has 0 saturated carbocycles. The monoisotopic (exact) mass is 212 g/mol. The molecule has 2 nitrogen and oxygen atoms in total. The number of benzene rings is 2. The molecule has 0 radical (unpaired) electrons. The van der Waals surface area contributed by atoms with Crippen molar-refractivity contribution in [1.82, 2.24) is 0 Å². The predicted molar refractivity (Wildman–Crippen MR) is 61.0 cm³/mol. The molecule has 0 aliphatic carbocycles. The highest BCUT2D eigenvalue weighted by atomic mass is 19.1. The molecule has 0 aliphatic rings. The molecular formula is C13H9FN2. The molecule has 0 spiro atoms. The largest absolute Gasteiger partial charge is 0.399 e. The molecule has 0 unspecified atom stereocenters. The van der Waals surface area contributed by atoms with Crippen LogP contribution in [-0.2, 0) is 0 Å². The zero-order valence-electron chi connectivity index (χ0n) is 8.44. The number of anilines is 1. The third-order valence-corrected chi connectivity index (χ3v) is 2.30. The molecule has 2 aromatic rings. The van der Waals surface area contributed by atoms with E-state index in [9.17, 15) is 4.39 Å². The number of halogens is 1. The molecule has 0 aromatic heterocycles. The Morgan fingerprint density at radius 2 is 1.94 bits per heavy atom. The fourth-order valence-electron chi connectivity index (χ4n) is 1.57. The summed E-state index contributed by atoms with van der Waals surface area (Å²) in [4.78, 5) is 0. The smallest absolute Gasteiger partial charge is 0.124 e. The van der Waals surface area contributed by atoms with Gasteiger partial charge in [-0.05, 0) is 35.4 Å². The average molecular weight is 212 g/mol. The summed E-state index contributed by atoms with van der Waals surface area (Å²) in [5.74, 6) is -0.413. The van der Waals surface area contributed by atoms with Gasteiger partial charge in [0.25, 0.3) is 0 Å². The first-order chi connectivity index (χ1) is 7.70. The van der Waals surface area contributed by atoms with Crippen LogP contribution in [0.25, 0.3) is 11.1 Å². The standard InChI is InChI=1S/C13H9FN2/c14-11-4-5-13(10(6-11)8-15)9-2-1-3-12(16)7-9/h1-7H,16H2. The van der Waals surface area contributed by atoms with Crippen molar-refractivity contribution in [3.05, 3.63) is 53.8 Å². The maximum Gasteiger partial charge on any atom is 0.124 e. The molecule has 3 heteroatoms. The van der Waals surface area contributed by atoms with Gasteiger partial charge in [-0.15, -0.1) is 0 Å². The van der Waals surface area contributed by atoms with Crippen LogP contribution in [0.3, 0.4) is 0 Å².